The molecule has 0 atom stereocenters. The Kier molecular flexibility index (Phi) is 4.24. The number of hydrogen-bond donors (Lipinski definition) is 2. The molecule has 0 bridgehead atoms. The Bertz CT molecular complexity index is 662. The van der Waals surface area contributed by atoms with Gasteiger partial charge in [0.25, 0.3) is 5.91 Å². The van der Waals surface area contributed by atoms with E-state index in [1.54, 1.807) is 25.3 Å². The number of benzene rings is 2. The Morgan fingerprint density at radius 2 is 2.05 bits per heavy atom. The van der Waals surface area contributed by atoms with Gasteiger partial charge in [0, 0.05) is 11.3 Å². The molecule has 2 rings (SSSR count). The summed E-state index contributed by atoms with van der Waals surface area (Å²) in [7, 11) is 1.55. The van der Waals surface area contributed by atoms with Crippen LogP contribution in [0.2, 0.25) is 0 Å². The fraction of sp³-hybridized carbons (Fsp3) is 0.0714. The van der Waals surface area contributed by atoms with Crippen LogP contribution in [0.3, 0.4) is 0 Å². The zero-order valence-electron chi connectivity index (χ0n) is 10.6. The van der Waals surface area contributed by atoms with Crippen molar-refractivity contribution in [2.45, 2.75) is 0 Å². The number of anilines is 2. The minimum absolute atomic E-state index is 0.00809. The second-order valence-corrected chi connectivity index (χ2v) is 4.89. The third-order valence-electron chi connectivity index (χ3n) is 2.67. The first-order chi connectivity index (χ1) is 9.51. The van der Waals surface area contributed by atoms with E-state index in [-0.39, 0.29) is 11.3 Å². The van der Waals surface area contributed by atoms with Crippen LogP contribution in [0.25, 0.3) is 0 Å². The molecule has 0 spiro atoms. The van der Waals surface area contributed by atoms with E-state index < -0.39 is 11.7 Å². The Labute approximate surface area is 123 Å². The quantitative estimate of drug-likeness (QED) is 0.842. The first kappa shape index (κ1) is 14.3. The fourth-order valence-electron chi connectivity index (χ4n) is 1.62. The summed E-state index contributed by atoms with van der Waals surface area (Å²) in [5.74, 6) is -0.379. The number of rotatable bonds is 3. The summed E-state index contributed by atoms with van der Waals surface area (Å²) >= 11 is 3.32. The molecule has 4 nitrogen and oxygen atoms in total. The third kappa shape index (κ3) is 3.08. The van der Waals surface area contributed by atoms with Crippen molar-refractivity contribution in [2.24, 2.45) is 0 Å². The van der Waals surface area contributed by atoms with E-state index in [1.165, 1.54) is 12.1 Å². The number of carbonyl (C=O) groups is 1. The zero-order chi connectivity index (χ0) is 14.7. The summed E-state index contributed by atoms with van der Waals surface area (Å²) in [6.45, 7) is 0. The van der Waals surface area contributed by atoms with E-state index in [4.69, 9.17) is 10.5 Å². The smallest absolute Gasteiger partial charge is 0.255 e. The van der Waals surface area contributed by atoms with Crippen LogP contribution in [0.5, 0.6) is 5.75 Å². The SMILES string of the molecule is COc1ccc(NC(=O)c2ccc(N)c(F)c2)cc1Br. The molecular formula is C14H12BrFN2O2. The fourth-order valence-corrected chi connectivity index (χ4v) is 2.16. The normalized spacial score (nSPS) is 10.2. The van der Waals surface area contributed by atoms with Crippen LogP contribution < -0.4 is 15.8 Å². The van der Waals surface area contributed by atoms with Gasteiger partial charge in [0.2, 0.25) is 0 Å². The minimum atomic E-state index is -0.617. The highest BCUT2D eigenvalue weighted by Gasteiger charge is 2.10. The topological polar surface area (TPSA) is 64.3 Å². The highest BCUT2D eigenvalue weighted by atomic mass is 79.9. The molecule has 0 heterocycles. The molecule has 6 heteroatoms. The Morgan fingerprint density at radius 1 is 1.30 bits per heavy atom. The second-order valence-electron chi connectivity index (χ2n) is 4.04. The average molecular weight is 339 g/mol. The molecule has 20 heavy (non-hydrogen) atoms. The van der Waals surface area contributed by atoms with Crippen molar-refractivity contribution in [3.63, 3.8) is 0 Å². The monoisotopic (exact) mass is 338 g/mol. The number of amides is 1. The Balaban J connectivity index is 2.19. The summed E-state index contributed by atoms with van der Waals surface area (Å²) in [4.78, 5) is 12.0. The Hall–Kier alpha value is -2.08. The molecule has 0 fully saturated rings. The van der Waals surface area contributed by atoms with Crippen molar-refractivity contribution in [1.29, 1.82) is 0 Å². The maximum atomic E-state index is 13.3. The number of nitrogens with two attached hydrogens (primary N) is 1. The minimum Gasteiger partial charge on any atom is -0.496 e. The lowest BCUT2D eigenvalue weighted by Gasteiger charge is -2.08. The van der Waals surface area contributed by atoms with Gasteiger partial charge in [-0.1, -0.05) is 0 Å². The van der Waals surface area contributed by atoms with E-state index in [2.05, 4.69) is 21.2 Å². The van der Waals surface area contributed by atoms with E-state index in [0.29, 0.717) is 15.9 Å². The van der Waals surface area contributed by atoms with Crippen LogP contribution in [-0.4, -0.2) is 13.0 Å². The predicted molar refractivity (Wildman–Crippen MR) is 79.5 cm³/mol. The molecule has 0 radical (unpaired) electrons. The van der Waals surface area contributed by atoms with Gasteiger partial charge in [0.1, 0.15) is 11.6 Å². The number of halogens is 2. The number of methoxy groups -OCH3 is 1. The molecule has 2 aromatic carbocycles. The molecule has 0 aliphatic heterocycles. The number of nitrogens with one attached hydrogen (secondary N) is 1. The van der Waals surface area contributed by atoms with Gasteiger partial charge in [-0.05, 0) is 52.3 Å². The van der Waals surface area contributed by atoms with Gasteiger partial charge >= 0.3 is 0 Å². The van der Waals surface area contributed by atoms with Crippen molar-refractivity contribution in [3.05, 3.63) is 52.3 Å². The van der Waals surface area contributed by atoms with Crippen LogP contribution >= 0.6 is 15.9 Å². The van der Waals surface area contributed by atoms with Crippen molar-refractivity contribution in [3.8, 4) is 5.75 Å². The van der Waals surface area contributed by atoms with Crippen molar-refractivity contribution < 1.29 is 13.9 Å². The molecule has 2 aromatic rings. The molecule has 0 aliphatic rings. The van der Waals surface area contributed by atoms with Crippen LogP contribution in [0.1, 0.15) is 10.4 Å². The maximum absolute atomic E-state index is 13.3. The summed E-state index contributed by atoms with van der Waals surface area (Å²) in [5, 5.41) is 2.67. The first-order valence-electron chi connectivity index (χ1n) is 5.71. The van der Waals surface area contributed by atoms with E-state index in [0.717, 1.165) is 6.07 Å². The Morgan fingerprint density at radius 3 is 2.65 bits per heavy atom. The number of carbonyl (C=O) groups excluding carboxylic acids is 1. The van der Waals surface area contributed by atoms with Crippen molar-refractivity contribution in [2.75, 3.05) is 18.2 Å². The van der Waals surface area contributed by atoms with Gasteiger partial charge in [0.15, 0.2) is 0 Å². The average Bonchev–Trinajstić information content (AvgIpc) is 2.42. The molecule has 104 valence electrons. The summed E-state index contributed by atoms with van der Waals surface area (Å²) < 4.78 is 19.1. The van der Waals surface area contributed by atoms with Crippen molar-refractivity contribution in [1.82, 2.24) is 0 Å². The van der Waals surface area contributed by atoms with Crippen LogP contribution in [0.4, 0.5) is 15.8 Å². The predicted octanol–water partition coefficient (Wildman–Crippen LogP) is 3.43. The molecule has 0 aliphatic carbocycles. The van der Waals surface area contributed by atoms with Crippen LogP contribution in [0.15, 0.2) is 40.9 Å². The highest BCUT2D eigenvalue weighted by Crippen LogP contribution is 2.28. The lowest BCUT2D eigenvalue weighted by atomic mass is 10.2. The van der Waals surface area contributed by atoms with Gasteiger partial charge in [-0.25, -0.2) is 4.39 Å². The number of ether oxygens (including phenoxy) is 1. The summed E-state index contributed by atoms with van der Waals surface area (Å²) in [5.41, 5.74) is 6.14. The van der Waals surface area contributed by atoms with Crippen molar-refractivity contribution >= 4 is 33.2 Å². The van der Waals surface area contributed by atoms with E-state index in [1.807, 2.05) is 0 Å². The van der Waals surface area contributed by atoms with Gasteiger partial charge in [-0.3, -0.25) is 4.79 Å². The zero-order valence-corrected chi connectivity index (χ0v) is 12.2. The number of nitrogen functional groups attached to an aromatic ring is 1. The van der Waals surface area contributed by atoms with Gasteiger partial charge < -0.3 is 15.8 Å². The molecule has 0 saturated heterocycles. The lowest BCUT2D eigenvalue weighted by molar-refractivity contribution is 0.102. The molecule has 0 saturated carbocycles. The van der Waals surface area contributed by atoms with Gasteiger partial charge in [0.05, 0.1) is 17.3 Å². The third-order valence-corrected chi connectivity index (χ3v) is 3.29. The van der Waals surface area contributed by atoms with E-state index >= 15 is 0 Å². The van der Waals surface area contributed by atoms with Gasteiger partial charge in [-0.15, -0.1) is 0 Å². The van der Waals surface area contributed by atoms with Gasteiger partial charge in [-0.2, -0.15) is 0 Å². The molecular weight excluding hydrogens is 327 g/mol. The largest absolute Gasteiger partial charge is 0.496 e. The summed E-state index contributed by atoms with van der Waals surface area (Å²) in [6, 6.07) is 9.02. The molecule has 1 amide bonds. The van der Waals surface area contributed by atoms with Crippen LogP contribution in [0, 0.1) is 5.82 Å². The van der Waals surface area contributed by atoms with E-state index in [9.17, 15) is 9.18 Å². The van der Waals surface area contributed by atoms with Crippen LogP contribution in [-0.2, 0) is 0 Å². The molecule has 3 N–H and O–H groups in total. The standard InChI is InChI=1S/C14H12BrFN2O2/c1-20-13-5-3-9(7-10(13)15)18-14(19)8-2-4-12(17)11(16)6-8/h2-7H,17H2,1H3,(H,18,19). The molecule has 0 aromatic heterocycles. The summed E-state index contributed by atoms with van der Waals surface area (Å²) in [6.07, 6.45) is 0. The lowest BCUT2D eigenvalue weighted by Crippen LogP contribution is -2.12. The first-order valence-corrected chi connectivity index (χ1v) is 6.50. The number of hydrogen-bond acceptors (Lipinski definition) is 3. The maximum Gasteiger partial charge on any atom is 0.255 e. The second kappa shape index (κ2) is 5.92. The highest BCUT2D eigenvalue weighted by molar-refractivity contribution is 9.10. The molecule has 0 unspecified atom stereocenters.